The van der Waals surface area contributed by atoms with Gasteiger partial charge in [0.15, 0.2) is 0 Å². The Bertz CT molecular complexity index is 388. The van der Waals surface area contributed by atoms with Gasteiger partial charge in [-0.3, -0.25) is 0 Å². The van der Waals surface area contributed by atoms with Crippen LogP contribution in [0.15, 0.2) is 6.07 Å². The van der Waals surface area contributed by atoms with E-state index >= 15 is 0 Å². The Balaban J connectivity index is 2.66. The second-order valence-corrected chi connectivity index (χ2v) is 3.97. The van der Waals surface area contributed by atoms with Crippen molar-refractivity contribution in [1.29, 1.82) is 0 Å². The van der Waals surface area contributed by atoms with Crippen LogP contribution in [0.4, 0.5) is 0 Å². The number of fused-ring (bicyclic) bond motifs is 1. The zero-order valence-corrected chi connectivity index (χ0v) is 9.46. The lowest BCUT2D eigenvalue weighted by molar-refractivity contribution is 0.393. The van der Waals surface area contributed by atoms with Crippen LogP contribution in [0.3, 0.4) is 0 Å². The summed E-state index contributed by atoms with van der Waals surface area (Å²) in [7, 11) is 3.39. The van der Waals surface area contributed by atoms with E-state index in [9.17, 15) is 0 Å². The summed E-state index contributed by atoms with van der Waals surface area (Å²) >= 11 is 0. The maximum Gasteiger partial charge on any atom is 0.127 e. The van der Waals surface area contributed by atoms with Crippen molar-refractivity contribution < 1.29 is 9.47 Å². The molecule has 1 aromatic rings. The fourth-order valence-corrected chi connectivity index (χ4v) is 2.38. The summed E-state index contributed by atoms with van der Waals surface area (Å²) in [4.78, 5) is 0. The number of aryl methyl sites for hydroxylation is 1. The number of hydrogen-bond donors (Lipinski definition) is 1. The highest BCUT2D eigenvalue weighted by atomic mass is 16.5. The van der Waals surface area contributed by atoms with E-state index in [1.807, 2.05) is 13.0 Å². The van der Waals surface area contributed by atoms with Gasteiger partial charge < -0.3 is 15.2 Å². The highest BCUT2D eigenvalue weighted by Gasteiger charge is 2.27. The van der Waals surface area contributed by atoms with Gasteiger partial charge in [0.25, 0.3) is 0 Å². The molecule has 1 unspecified atom stereocenters. The molecule has 82 valence electrons. The number of ether oxygens (including phenoxy) is 2. The second-order valence-electron chi connectivity index (χ2n) is 3.97. The highest BCUT2D eigenvalue weighted by molar-refractivity contribution is 5.56. The molecule has 1 aromatic carbocycles. The molecule has 3 heteroatoms. The van der Waals surface area contributed by atoms with Crippen molar-refractivity contribution in [2.45, 2.75) is 25.8 Å². The van der Waals surface area contributed by atoms with Crippen molar-refractivity contribution in [3.8, 4) is 11.5 Å². The second kappa shape index (κ2) is 3.74. The average Bonchev–Trinajstić information content (AvgIpc) is 2.60. The Morgan fingerprint density at radius 2 is 2.07 bits per heavy atom. The molecule has 0 aliphatic heterocycles. The van der Waals surface area contributed by atoms with E-state index < -0.39 is 0 Å². The summed E-state index contributed by atoms with van der Waals surface area (Å²) in [6, 6.07) is 2.11. The van der Waals surface area contributed by atoms with Gasteiger partial charge in [-0.2, -0.15) is 0 Å². The van der Waals surface area contributed by atoms with Crippen LogP contribution < -0.4 is 15.2 Å². The number of methoxy groups -OCH3 is 2. The first kappa shape index (κ1) is 10.3. The van der Waals surface area contributed by atoms with Crippen molar-refractivity contribution in [2.24, 2.45) is 5.73 Å². The Labute approximate surface area is 90.2 Å². The van der Waals surface area contributed by atoms with Gasteiger partial charge in [-0.05, 0) is 31.4 Å². The lowest BCUT2D eigenvalue weighted by atomic mass is 10.0. The number of nitrogens with two attached hydrogens (primary N) is 1. The topological polar surface area (TPSA) is 44.5 Å². The average molecular weight is 207 g/mol. The van der Waals surface area contributed by atoms with Crippen LogP contribution in [0.5, 0.6) is 11.5 Å². The Kier molecular flexibility index (Phi) is 2.57. The molecule has 3 nitrogen and oxygen atoms in total. The van der Waals surface area contributed by atoms with Gasteiger partial charge in [0.2, 0.25) is 0 Å². The predicted octanol–water partition coefficient (Wildman–Crippen LogP) is 1.96. The number of benzene rings is 1. The summed E-state index contributed by atoms with van der Waals surface area (Å²) in [5, 5.41) is 0. The van der Waals surface area contributed by atoms with Gasteiger partial charge in [0, 0.05) is 17.2 Å². The van der Waals surface area contributed by atoms with Crippen LogP contribution in [0.2, 0.25) is 0 Å². The molecule has 0 fully saturated rings. The van der Waals surface area contributed by atoms with Gasteiger partial charge in [-0.1, -0.05) is 0 Å². The minimum absolute atomic E-state index is 0.0868. The molecule has 0 heterocycles. The van der Waals surface area contributed by atoms with Gasteiger partial charge in [-0.25, -0.2) is 0 Å². The minimum atomic E-state index is 0.0868. The zero-order chi connectivity index (χ0) is 11.0. The van der Waals surface area contributed by atoms with Gasteiger partial charge in [0.1, 0.15) is 11.5 Å². The minimum Gasteiger partial charge on any atom is -0.496 e. The molecule has 0 saturated carbocycles. The number of hydrogen-bond acceptors (Lipinski definition) is 3. The van der Waals surface area contributed by atoms with E-state index in [2.05, 4.69) is 0 Å². The van der Waals surface area contributed by atoms with Crippen molar-refractivity contribution in [3.05, 3.63) is 22.8 Å². The summed E-state index contributed by atoms with van der Waals surface area (Å²) in [5.74, 6) is 1.87. The molecular weight excluding hydrogens is 190 g/mol. The van der Waals surface area contributed by atoms with Crippen LogP contribution >= 0.6 is 0 Å². The SMILES string of the molecule is COc1cc(C)c(OC)c2c1CCC2N. The molecule has 0 amide bonds. The molecule has 0 spiro atoms. The van der Waals surface area contributed by atoms with Crippen LogP contribution in [0, 0.1) is 6.92 Å². The molecule has 15 heavy (non-hydrogen) atoms. The van der Waals surface area contributed by atoms with Crippen LogP contribution in [0.1, 0.15) is 29.2 Å². The largest absolute Gasteiger partial charge is 0.496 e. The fraction of sp³-hybridized carbons (Fsp3) is 0.500. The van der Waals surface area contributed by atoms with E-state index in [1.54, 1.807) is 14.2 Å². The lowest BCUT2D eigenvalue weighted by Crippen LogP contribution is -2.08. The third-order valence-electron chi connectivity index (χ3n) is 3.07. The number of rotatable bonds is 2. The van der Waals surface area contributed by atoms with Crippen molar-refractivity contribution in [3.63, 3.8) is 0 Å². The van der Waals surface area contributed by atoms with Crippen LogP contribution in [0.25, 0.3) is 0 Å². The summed E-state index contributed by atoms with van der Waals surface area (Å²) in [5.41, 5.74) is 9.52. The maximum atomic E-state index is 6.08. The third-order valence-corrected chi connectivity index (χ3v) is 3.07. The van der Waals surface area contributed by atoms with Gasteiger partial charge >= 0.3 is 0 Å². The molecule has 2 N–H and O–H groups in total. The van der Waals surface area contributed by atoms with Crippen molar-refractivity contribution in [2.75, 3.05) is 14.2 Å². The zero-order valence-electron chi connectivity index (χ0n) is 9.46. The fourth-order valence-electron chi connectivity index (χ4n) is 2.38. The molecule has 0 radical (unpaired) electrons. The van der Waals surface area contributed by atoms with Crippen LogP contribution in [-0.2, 0) is 6.42 Å². The van der Waals surface area contributed by atoms with Gasteiger partial charge in [-0.15, -0.1) is 0 Å². The monoisotopic (exact) mass is 207 g/mol. The molecule has 0 saturated heterocycles. The third kappa shape index (κ3) is 1.47. The molecule has 0 bridgehead atoms. The van der Waals surface area contributed by atoms with Crippen LogP contribution in [-0.4, -0.2) is 14.2 Å². The molecule has 1 atom stereocenters. The smallest absolute Gasteiger partial charge is 0.127 e. The molecular formula is C12H17NO2. The van der Waals surface area contributed by atoms with E-state index in [4.69, 9.17) is 15.2 Å². The Hall–Kier alpha value is -1.22. The van der Waals surface area contributed by atoms with Gasteiger partial charge in [0.05, 0.1) is 14.2 Å². The first-order valence-electron chi connectivity index (χ1n) is 5.19. The first-order chi connectivity index (χ1) is 7.19. The molecule has 1 aliphatic carbocycles. The van der Waals surface area contributed by atoms with Crippen molar-refractivity contribution >= 4 is 0 Å². The van der Waals surface area contributed by atoms with E-state index in [0.29, 0.717) is 0 Å². The summed E-state index contributed by atoms with van der Waals surface area (Å²) < 4.78 is 10.8. The Morgan fingerprint density at radius 1 is 1.33 bits per heavy atom. The lowest BCUT2D eigenvalue weighted by Gasteiger charge is -2.16. The first-order valence-corrected chi connectivity index (χ1v) is 5.19. The summed E-state index contributed by atoms with van der Waals surface area (Å²) in [6.45, 7) is 2.02. The van der Waals surface area contributed by atoms with E-state index in [1.165, 1.54) is 5.56 Å². The van der Waals surface area contributed by atoms with E-state index in [0.717, 1.165) is 35.5 Å². The normalized spacial score (nSPS) is 18.8. The Morgan fingerprint density at radius 3 is 2.67 bits per heavy atom. The quantitative estimate of drug-likeness (QED) is 0.806. The molecule has 0 aromatic heterocycles. The standard InChI is InChI=1S/C12H17NO2/c1-7-6-10(14-2)8-4-5-9(13)11(8)12(7)15-3/h6,9H,4-5,13H2,1-3H3. The predicted molar refractivity (Wildman–Crippen MR) is 59.5 cm³/mol. The molecule has 1 aliphatic rings. The highest BCUT2D eigenvalue weighted by Crippen LogP contribution is 2.43. The van der Waals surface area contributed by atoms with E-state index in [-0.39, 0.29) is 6.04 Å². The molecule has 2 rings (SSSR count). The summed E-state index contributed by atoms with van der Waals surface area (Å²) in [6.07, 6.45) is 1.96. The maximum absolute atomic E-state index is 6.08. The van der Waals surface area contributed by atoms with Crippen molar-refractivity contribution in [1.82, 2.24) is 0 Å².